The molecule has 1 N–H and O–H groups in total. The van der Waals surface area contributed by atoms with E-state index in [-0.39, 0.29) is 6.04 Å². The molecular weight excluding hydrogens is 160 g/mol. The van der Waals surface area contributed by atoms with Crippen LogP contribution in [-0.4, -0.2) is 6.04 Å². The molecule has 0 saturated heterocycles. The van der Waals surface area contributed by atoms with Crippen molar-refractivity contribution in [3.63, 3.8) is 0 Å². The first-order valence-electron chi connectivity index (χ1n) is 4.37. The maximum atomic E-state index is 8.67. The number of nitrogens with zero attached hydrogens (tertiary/aromatic N) is 1. The molecule has 0 fully saturated rings. The molecule has 2 nitrogen and oxygen atoms in total. The number of aryl methyl sites for hydroxylation is 2. The molecule has 0 bridgehead atoms. The summed E-state index contributed by atoms with van der Waals surface area (Å²) >= 11 is 0. The lowest BCUT2D eigenvalue weighted by atomic mass is 10.1. The Morgan fingerprint density at radius 1 is 1.31 bits per heavy atom. The third kappa shape index (κ3) is 2.22. The third-order valence-electron chi connectivity index (χ3n) is 2.04. The monoisotopic (exact) mass is 174 g/mol. The van der Waals surface area contributed by atoms with Gasteiger partial charge in [-0.25, -0.2) is 0 Å². The van der Waals surface area contributed by atoms with Gasteiger partial charge in [0.05, 0.1) is 6.07 Å². The van der Waals surface area contributed by atoms with Crippen molar-refractivity contribution >= 4 is 5.69 Å². The predicted molar refractivity (Wildman–Crippen MR) is 54.6 cm³/mol. The molecule has 1 aromatic carbocycles. The van der Waals surface area contributed by atoms with E-state index in [1.54, 1.807) is 0 Å². The molecule has 0 aliphatic carbocycles. The molecule has 0 aliphatic rings. The number of hydrogen-bond donors (Lipinski definition) is 1. The van der Waals surface area contributed by atoms with E-state index in [4.69, 9.17) is 5.26 Å². The summed E-state index contributed by atoms with van der Waals surface area (Å²) in [5.74, 6) is 0. The molecule has 0 aromatic heterocycles. The average molecular weight is 174 g/mol. The molecular formula is C11H14N2. The van der Waals surface area contributed by atoms with Gasteiger partial charge in [0.1, 0.15) is 6.04 Å². The molecule has 0 amide bonds. The van der Waals surface area contributed by atoms with E-state index < -0.39 is 0 Å². The van der Waals surface area contributed by atoms with Crippen molar-refractivity contribution in [2.75, 3.05) is 5.32 Å². The molecule has 2 heteroatoms. The Hall–Kier alpha value is -1.49. The fraction of sp³-hybridized carbons (Fsp3) is 0.364. The molecule has 1 atom stereocenters. The minimum Gasteiger partial charge on any atom is -0.370 e. The fourth-order valence-corrected chi connectivity index (χ4v) is 1.29. The number of rotatable bonds is 2. The summed E-state index contributed by atoms with van der Waals surface area (Å²) < 4.78 is 0. The van der Waals surface area contributed by atoms with Crippen LogP contribution in [0, 0.1) is 25.2 Å². The van der Waals surface area contributed by atoms with E-state index >= 15 is 0 Å². The Kier molecular flexibility index (Phi) is 2.92. The molecule has 0 heterocycles. The number of hydrogen-bond acceptors (Lipinski definition) is 2. The van der Waals surface area contributed by atoms with Crippen LogP contribution < -0.4 is 5.32 Å². The number of benzene rings is 1. The highest BCUT2D eigenvalue weighted by Gasteiger charge is 2.04. The van der Waals surface area contributed by atoms with E-state index in [1.807, 2.05) is 39.0 Å². The summed E-state index contributed by atoms with van der Waals surface area (Å²) in [4.78, 5) is 0. The molecule has 0 aliphatic heterocycles. The van der Waals surface area contributed by atoms with E-state index in [2.05, 4.69) is 11.4 Å². The Bertz CT molecular complexity index is 316. The molecule has 0 saturated carbocycles. The van der Waals surface area contributed by atoms with Crippen molar-refractivity contribution in [3.8, 4) is 6.07 Å². The van der Waals surface area contributed by atoms with Crippen LogP contribution in [0.4, 0.5) is 5.69 Å². The highest BCUT2D eigenvalue weighted by atomic mass is 14.9. The Morgan fingerprint density at radius 2 is 1.85 bits per heavy atom. The predicted octanol–water partition coefficient (Wildman–Crippen LogP) is 2.63. The second-order valence-electron chi connectivity index (χ2n) is 3.26. The van der Waals surface area contributed by atoms with Gasteiger partial charge in [-0.15, -0.1) is 0 Å². The first kappa shape index (κ1) is 9.60. The summed E-state index contributed by atoms with van der Waals surface area (Å²) in [6.07, 6.45) is 0. The molecule has 13 heavy (non-hydrogen) atoms. The third-order valence-corrected chi connectivity index (χ3v) is 2.04. The largest absolute Gasteiger partial charge is 0.370 e. The van der Waals surface area contributed by atoms with Gasteiger partial charge >= 0.3 is 0 Å². The topological polar surface area (TPSA) is 35.8 Å². The Balaban J connectivity index is 2.95. The Labute approximate surface area is 79.2 Å². The lowest BCUT2D eigenvalue weighted by Crippen LogP contribution is -2.13. The lowest BCUT2D eigenvalue weighted by Gasteiger charge is -2.13. The van der Waals surface area contributed by atoms with Crippen LogP contribution in [0.1, 0.15) is 18.1 Å². The van der Waals surface area contributed by atoms with Gasteiger partial charge in [0, 0.05) is 5.69 Å². The first-order chi connectivity index (χ1) is 6.15. The van der Waals surface area contributed by atoms with Crippen molar-refractivity contribution in [2.45, 2.75) is 26.8 Å². The van der Waals surface area contributed by atoms with Crippen LogP contribution in [0.25, 0.3) is 0 Å². The van der Waals surface area contributed by atoms with Crippen LogP contribution in [0.15, 0.2) is 18.2 Å². The van der Waals surface area contributed by atoms with Gasteiger partial charge in [0.15, 0.2) is 0 Å². The van der Waals surface area contributed by atoms with Crippen LogP contribution >= 0.6 is 0 Å². The van der Waals surface area contributed by atoms with Crippen molar-refractivity contribution in [1.29, 1.82) is 5.26 Å². The van der Waals surface area contributed by atoms with Crippen molar-refractivity contribution in [1.82, 2.24) is 0 Å². The zero-order chi connectivity index (χ0) is 9.84. The highest BCUT2D eigenvalue weighted by molar-refractivity contribution is 5.57. The van der Waals surface area contributed by atoms with E-state index in [1.165, 1.54) is 11.1 Å². The Morgan fingerprint density at radius 3 is 2.31 bits per heavy atom. The summed E-state index contributed by atoms with van der Waals surface area (Å²) in [5, 5.41) is 11.8. The minimum atomic E-state index is -0.139. The van der Waals surface area contributed by atoms with E-state index in [9.17, 15) is 0 Å². The number of anilines is 1. The van der Waals surface area contributed by atoms with Gasteiger partial charge in [0.2, 0.25) is 0 Å². The summed E-state index contributed by atoms with van der Waals surface area (Å²) in [6.45, 7) is 5.94. The molecule has 68 valence electrons. The molecule has 1 aromatic rings. The van der Waals surface area contributed by atoms with Crippen molar-refractivity contribution < 1.29 is 0 Å². The summed E-state index contributed by atoms with van der Waals surface area (Å²) in [6, 6.07) is 8.12. The average Bonchev–Trinajstić information content (AvgIpc) is 2.11. The van der Waals surface area contributed by atoms with E-state index in [0.29, 0.717) is 0 Å². The second kappa shape index (κ2) is 3.95. The fourth-order valence-electron chi connectivity index (χ4n) is 1.29. The van der Waals surface area contributed by atoms with Gasteiger partial charge in [-0.3, -0.25) is 0 Å². The molecule has 1 rings (SSSR count). The van der Waals surface area contributed by atoms with Crippen LogP contribution in [0.5, 0.6) is 0 Å². The zero-order valence-corrected chi connectivity index (χ0v) is 8.26. The smallest absolute Gasteiger partial charge is 0.111 e. The standard InChI is InChI=1S/C11H14N2/c1-8-5-4-6-9(2)11(8)13-10(3)7-12/h4-6,10,13H,1-3H3. The van der Waals surface area contributed by atoms with Gasteiger partial charge < -0.3 is 5.32 Å². The maximum Gasteiger partial charge on any atom is 0.111 e. The molecule has 0 spiro atoms. The zero-order valence-electron chi connectivity index (χ0n) is 8.26. The highest BCUT2D eigenvalue weighted by Crippen LogP contribution is 2.19. The van der Waals surface area contributed by atoms with Crippen LogP contribution in [-0.2, 0) is 0 Å². The van der Waals surface area contributed by atoms with Gasteiger partial charge in [-0.05, 0) is 31.9 Å². The van der Waals surface area contributed by atoms with E-state index in [0.717, 1.165) is 5.69 Å². The number of nitriles is 1. The summed E-state index contributed by atoms with van der Waals surface area (Å²) in [5.41, 5.74) is 3.45. The first-order valence-corrected chi connectivity index (χ1v) is 4.37. The maximum absolute atomic E-state index is 8.67. The van der Waals surface area contributed by atoms with Crippen molar-refractivity contribution in [2.24, 2.45) is 0 Å². The van der Waals surface area contributed by atoms with Gasteiger partial charge in [-0.2, -0.15) is 5.26 Å². The number of para-hydroxylation sites is 1. The quantitative estimate of drug-likeness (QED) is 0.748. The normalized spacial score (nSPS) is 11.8. The summed E-state index contributed by atoms with van der Waals surface area (Å²) in [7, 11) is 0. The number of nitrogens with one attached hydrogen (secondary N) is 1. The molecule has 1 unspecified atom stereocenters. The van der Waals surface area contributed by atoms with Gasteiger partial charge in [-0.1, -0.05) is 18.2 Å². The lowest BCUT2D eigenvalue weighted by molar-refractivity contribution is 1.00. The molecule has 0 radical (unpaired) electrons. The van der Waals surface area contributed by atoms with Gasteiger partial charge in [0.25, 0.3) is 0 Å². The van der Waals surface area contributed by atoms with Crippen LogP contribution in [0.2, 0.25) is 0 Å². The second-order valence-corrected chi connectivity index (χ2v) is 3.26. The minimum absolute atomic E-state index is 0.139. The van der Waals surface area contributed by atoms with Crippen molar-refractivity contribution in [3.05, 3.63) is 29.3 Å². The SMILES string of the molecule is Cc1cccc(C)c1NC(C)C#N. The van der Waals surface area contributed by atoms with Crippen LogP contribution in [0.3, 0.4) is 0 Å².